The minimum absolute atomic E-state index is 0.150. The van der Waals surface area contributed by atoms with Crippen LogP contribution in [0.1, 0.15) is 15.9 Å². The number of hydrogen-bond acceptors (Lipinski definition) is 5. The van der Waals surface area contributed by atoms with Crippen LogP contribution in [0.2, 0.25) is 0 Å². The molecule has 130 valence electrons. The lowest BCUT2D eigenvalue weighted by molar-refractivity contribution is -0.136. The minimum atomic E-state index is -0.681. The van der Waals surface area contributed by atoms with E-state index in [9.17, 15) is 14.0 Å². The van der Waals surface area contributed by atoms with E-state index in [0.29, 0.717) is 17.1 Å². The van der Waals surface area contributed by atoms with Gasteiger partial charge >= 0.3 is 5.97 Å². The Labute approximate surface area is 144 Å². The molecular formula is C19H17FO5. The van der Waals surface area contributed by atoms with E-state index < -0.39 is 24.2 Å². The van der Waals surface area contributed by atoms with Crippen LogP contribution in [0.4, 0.5) is 4.39 Å². The molecule has 0 atom stereocenters. The third kappa shape index (κ3) is 5.17. The fourth-order valence-corrected chi connectivity index (χ4v) is 2.05. The highest BCUT2D eigenvalue weighted by atomic mass is 19.1. The first-order chi connectivity index (χ1) is 12.0. The molecule has 0 aliphatic rings. The van der Waals surface area contributed by atoms with Crippen molar-refractivity contribution >= 4 is 17.8 Å². The molecule has 0 radical (unpaired) electrons. The second kappa shape index (κ2) is 8.63. The lowest BCUT2D eigenvalue weighted by Crippen LogP contribution is -2.12. The lowest BCUT2D eigenvalue weighted by atomic mass is 10.1. The molecule has 0 aliphatic carbocycles. The van der Waals surface area contributed by atoms with Gasteiger partial charge in [-0.3, -0.25) is 4.79 Å². The van der Waals surface area contributed by atoms with Gasteiger partial charge in [0.1, 0.15) is 5.82 Å². The number of ketones is 1. The molecule has 0 aliphatic heterocycles. The van der Waals surface area contributed by atoms with Gasteiger partial charge in [0.05, 0.1) is 14.2 Å². The van der Waals surface area contributed by atoms with E-state index in [-0.39, 0.29) is 5.56 Å². The summed E-state index contributed by atoms with van der Waals surface area (Å²) in [7, 11) is 3.04. The molecule has 0 N–H and O–H groups in total. The van der Waals surface area contributed by atoms with E-state index in [0.717, 1.165) is 6.07 Å². The van der Waals surface area contributed by atoms with Crippen molar-refractivity contribution in [2.24, 2.45) is 0 Å². The standard InChI is InChI=1S/C19H17FO5/c1-23-17-8-6-13(10-18(17)24-2)7-9-19(22)25-12-16(21)14-4-3-5-15(20)11-14/h3-11H,12H2,1-2H3/b9-7+. The molecule has 2 aromatic rings. The summed E-state index contributed by atoms with van der Waals surface area (Å²) < 4.78 is 28.2. The molecule has 25 heavy (non-hydrogen) atoms. The predicted octanol–water partition coefficient (Wildman–Crippen LogP) is 3.28. The van der Waals surface area contributed by atoms with Crippen molar-refractivity contribution in [1.29, 1.82) is 0 Å². The number of carbonyl (C=O) groups is 2. The van der Waals surface area contributed by atoms with Crippen LogP contribution in [0.3, 0.4) is 0 Å². The van der Waals surface area contributed by atoms with Crippen LogP contribution in [0.25, 0.3) is 6.08 Å². The van der Waals surface area contributed by atoms with Crippen molar-refractivity contribution in [3.63, 3.8) is 0 Å². The zero-order valence-corrected chi connectivity index (χ0v) is 13.8. The molecule has 0 saturated carbocycles. The number of benzene rings is 2. The smallest absolute Gasteiger partial charge is 0.331 e. The van der Waals surface area contributed by atoms with E-state index >= 15 is 0 Å². The van der Waals surface area contributed by atoms with Crippen molar-refractivity contribution in [3.05, 3.63) is 65.5 Å². The number of ether oxygens (including phenoxy) is 3. The second-order valence-electron chi connectivity index (χ2n) is 4.99. The van der Waals surface area contributed by atoms with Crippen molar-refractivity contribution < 1.29 is 28.2 Å². The zero-order chi connectivity index (χ0) is 18.2. The predicted molar refractivity (Wildman–Crippen MR) is 90.3 cm³/mol. The van der Waals surface area contributed by atoms with Crippen LogP contribution in [-0.2, 0) is 9.53 Å². The van der Waals surface area contributed by atoms with Crippen LogP contribution in [0, 0.1) is 5.82 Å². The van der Waals surface area contributed by atoms with Gasteiger partial charge in [-0.1, -0.05) is 18.2 Å². The highest BCUT2D eigenvalue weighted by Gasteiger charge is 2.09. The number of hydrogen-bond donors (Lipinski definition) is 0. The fourth-order valence-electron chi connectivity index (χ4n) is 2.05. The van der Waals surface area contributed by atoms with E-state index in [1.54, 1.807) is 18.2 Å². The van der Waals surface area contributed by atoms with E-state index in [1.165, 1.54) is 44.6 Å². The molecule has 0 fully saturated rings. The quantitative estimate of drug-likeness (QED) is 0.438. The largest absolute Gasteiger partial charge is 0.493 e. The first kappa shape index (κ1) is 18.2. The van der Waals surface area contributed by atoms with Gasteiger partial charge < -0.3 is 14.2 Å². The van der Waals surface area contributed by atoms with E-state index in [2.05, 4.69) is 0 Å². The van der Waals surface area contributed by atoms with Crippen LogP contribution in [-0.4, -0.2) is 32.6 Å². The normalized spacial score (nSPS) is 10.5. The summed E-state index contributed by atoms with van der Waals surface area (Å²) in [4.78, 5) is 23.5. The third-order valence-corrected chi connectivity index (χ3v) is 3.31. The van der Waals surface area contributed by atoms with Crippen molar-refractivity contribution in [2.75, 3.05) is 20.8 Å². The Balaban J connectivity index is 1.93. The summed E-state index contributed by atoms with van der Waals surface area (Å²) in [6, 6.07) is 10.3. The van der Waals surface area contributed by atoms with Gasteiger partial charge in [0.2, 0.25) is 0 Å². The van der Waals surface area contributed by atoms with Gasteiger partial charge in [0.25, 0.3) is 0 Å². The van der Waals surface area contributed by atoms with E-state index in [4.69, 9.17) is 14.2 Å². The molecule has 0 unspecified atom stereocenters. The van der Waals surface area contributed by atoms with Gasteiger partial charge in [-0.2, -0.15) is 0 Å². The number of rotatable bonds is 7. The molecule has 0 aromatic heterocycles. The molecule has 0 amide bonds. The topological polar surface area (TPSA) is 61.8 Å². The maximum Gasteiger partial charge on any atom is 0.331 e. The van der Waals surface area contributed by atoms with Crippen molar-refractivity contribution in [2.45, 2.75) is 0 Å². The molecule has 0 bridgehead atoms. The highest BCUT2D eigenvalue weighted by Crippen LogP contribution is 2.27. The summed E-state index contributed by atoms with van der Waals surface area (Å²) in [5.41, 5.74) is 0.850. The first-order valence-electron chi connectivity index (χ1n) is 7.39. The Morgan fingerprint density at radius 1 is 1.04 bits per heavy atom. The second-order valence-corrected chi connectivity index (χ2v) is 4.99. The summed E-state index contributed by atoms with van der Waals surface area (Å²) in [6.07, 6.45) is 2.72. The third-order valence-electron chi connectivity index (χ3n) is 3.31. The summed E-state index contributed by atoms with van der Waals surface area (Å²) >= 11 is 0. The average molecular weight is 344 g/mol. The monoisotopic (exact) mass is 344 g/mol. The Bertz CT molecular complexity index is 798. The van der Waals surface area contributed by atoms with Crippen molar-refractivity contribution in [1.82, 2.24) is 0 Å². The van der Waals surface area contributed by atoms with Gasteiger partial charge in [-0.15, -0.1) is 0 Å². The average Bonchev–Trinajstić information content (AvgIpc) is 2.64. The van der Waals surface area contributed by atoms with E-state index in [1.807, 2.05) is 0 Å². The highest BCUT2D eigenvalue weighted by molar-refractivity contribution is 5.98. The first-order valence-corrected chi connectivity index (χ1v) is 7.39. The lowest BCUT2D eigenvalue weighted by Gasteiger charge is -2.07. The Hall–Kier alpha value is -3.15. The molecule has 0 heterocycles. The molecular weight excluding hydrogens is 327 g/mol. The number of Topliss-reactive ketones (excluding diaryl/α,β-unsaturated/α-hetero) is 1. The van der Waals surface area contributed by atoms with Crippen molar-refractivity contribution in [3.8, 4) is 11.5 Å². The summed E-state index contributed by atoms with van der Waals surface area (Å²) in [6.45, 7) is -0.460. The number of esters is 1. The fraction of sp³-hybridized carbons (Fsp3) is 0.158. The molecule has 2 aromatic carbocycles. The minimum Gasteiger partial charge on any atom is -0.493 e. The van der Waals surface area contributed by atoms with Gasteiger partial charge in [-0.05, 0) is 35.9 Å². The number of carbonyl (C=O) groups excluding carboxylic acids is 2. The van der Waals surface area contributed by atoms with Gasteiger partial charge in [0.15, 0.2) is 23.9 Å². The summed E-state index contributed by atoms with van der Waals surface area (Å²) in [5, 5.41) is 0. The Kier molecular flexibility index (Phi) is 6.28. The van der Waals surface area contributed by atoms with Gasteiger partial charge in [0, 0.05) is 11.6 Å². The number of halogens is 1. The molecule has 5 nitrogen and oxygen atoms in total. The maximum absolute atomic E-state index is 13.1. The zero-order valence-electron chi connectivity index (χ0n) is 13.8. The molecule has 6 heteroatoms. The molecule has 0 saturated heterocycles. The van der Waals surface area contributed by atoms with Gasteiger partial charge in [-0.25, -0.2) is 9.18 Å². The van der Waals surface area contributed by atoms with Crippen LogP contribution in [0.5, 0.6) is 11.5 Å². The summed E-state index contributed by atoms with van der Waals surface area (Å²) in [5.74, 6) is -0.584. The SMILES string of the molecule is COc1ccc(/C=C/C(=O)OCC(=O)c2cccc(F)c2)cc1OC. The van der Waals surface area contributed by atoms with Crippen LogP contribution >= 0.6 is 0 Å². The molecule has 0 spiro atoms. The molecule has 2 rings (SSSR count). The Morgan fingerprint density at radius 2 is 1.80 bits per heavy atom. The Morgan fingerprint density at radius 3 is 2.48 bits per heavy atom. The number of methoxy groups -OCH3 is 2. The van der Waals surface area contributed by atoms with Crippen LogP contribution < -0.4 is 9.47 Å². The van der Waals surface area contributed by atoms with Crippen LogP contribution in [0.15, 0.2) is 48.5 Å². The maximum atomic E-state index is 13.1.